The minimum Gasteiger partial charge on any atom is -0.488 e. The number of hydrogen-bond acceptors (Lipinski definition) is 6. The predicted molar refractivity (Wildman–Crippen MR) is 147 cm³/mol. The third kappa shape index (κ3) is 5.42. The minimum atomic E-state index is -0.495. The van der Waals surface area contributed by atoms with Crippen LogP contribution in [0.5, 0.6) is 5.75 Å². The van der Waals surface area contributed by atoms with Gasteiger partial charge < -0.3 is 4.74 Å². The van der Waals surface area contributed by atoms with Gasteiger partial charge in [-0.15, -0.1) is 0 Å². The second kappa shape index (κ2) is 10.6. The Balaban J connectivity index is 1.36. The molecule has 1 saturated heterocycles. The number of ether oxygens (including phenoxy) is 1. The molecule has 0 spiro atoms. The van der Waals surface area contributed by atoms with Crippen LogP contribution in [-0.4, -0.2) is 21.0 Å². The van der Waals surface area contributed by atoms with Gasteiger partial charge in [-0.3, -0.25) is 24.6 Å². The van der Waals surface area contributed by atoms with Crippen molar-refractivity contribution in [1.82, 2.24) is 4.90 Å². The quantitative estimate of drug-likeness (QED) is 0.130. The summed E-state index contributed by atoms with van der Waals surface area (Å²) in [7, 11) is 0. The van der Waals surface area contributed by atoms with Crippen molar-refractivity contribution in [3.63, 3.8) is 0 Å². The molecular weight excluding hydrogens is 556 g/mol. The fourth-order valence-electron chi connectivity index (χ4n) is 4.02. The molecule has 0 saturated carbocycles. The lowest BCUT2D eigenvalue weighted by molar-refractivity contribution is -0.384. The van der Waals surface area contributed by atoms with Gasteiger partial charge in [0, 0.05) is 22.2 Å². The van der Waals surface area contributed by atoms with Crippen molar-refractivity contribution in [2.24, 2.45) is 0 Å². The van der Waals surface area contributed by atoms with E-state index in [4.69, 9.17) is 4.74 Å². The molecule has 1 aliphatic heterocycles. The van der Waals surface area contributed by atoms with E-state index in [2.05, 4.69) is 34.1 Å². The number of hydrogen-bond donors (Lipinski definition) is 0. The Morgan fingerprint density at radius 2 is 1.73 bits per heavy atom. The number of nitro benzene ring substituents is 1. The van der Waals surface area contributed by atoms with Crippen molar-refractivity contribution in [3.05, 3.63) is 121 Å². The Bertz CT molecular complexity index is 1560. The molecular formula is C28H19BrN2O5S. The van der Waals surface area contributed by atoms with Crippen LogP contribution in [0.2, 0.25) is 0 Å². The van der Waals surface area contributed by atoms with E-state index in [1.807, 2.05) is 42.5 Å². The lowest BCUT2D eigenvalue weighted by Crippen LogP contribution is -2.27. The number of amides is 2. The van der Waals surface area contributed by atoms with Crippen LogP contribution in [0.25, 0.3) is 16.8 Å². The van der Waals surface area contributed by atoms with Crippen LogP contribution >= 0.6 is 27.7 Å². The summed E-state index contributed by atoms with van der Waals surface area (Å²) in [6, 6.07) is 25.5. The summed E-state index contributed by atoms with van der Waals surface area (Å²) in [5.41, 5.74) is 2.27. The summed E-state index contributed by atoms with van der Waals surface area (Å²) in [5, 5.41) is 12.7. The molecule has 0 unspecified atom stereocenters. The molecule has 0 aromatic heterocycles. The molecule has 4 aromatic carbocycles. The molecule has 2 amide bonds. The van der Waals surface area contributed by atoms with Gasteiger partial charge in [0.25, 0.3) is 16.8 Å². The molecule has 0 bridgehead atoms. The van der Waals surface area contributed by atoms with Crippen molar-refractivity contribution < 1.29 is 19.2 Å². The number of nitro groups is 1. The van der Waals surface area contributed by atoms with Gasteiger partial charge in [0.2, 0.25) is 0 Å². The average molecular weight is 575 g/mol. The number of nitrogens with zero attached hydrogens (tertiary/aromatic N) is 2. The Hall–Kier alpha value is -3.95. The summed E-state index contributed by atoms with van der Waals surface area (Å²) in [6.07, 6.45) is 1.66. The summed E-state index contributed by atoms with van der Waals surface area (Å²) in [5.74, 6) is 0.159. The van der Waals surface area contributed by atoms with Crippen molar-refractivity contribution in [3.8, 4) is 5.75 Å². The van der Waals surface area contributed by atoms with E-state index in [1.54, 1.807) is 18.2 Å². The van der Waals surface area contributed by atoms with Crippen LogP contribution in [-0.2, 0) is 17.9 Å². The molecule has 0 N–H and O–H groups in total. The normalized spacial score (nSPS) is 14.5. The average Bonchev–Trinajstić information content (AvgIpc) is 3.15. The zero-order valence-electron chi connectivity index (χ0n) is 19.3. The SMILES string of the molecule is O=C1S/C(=C\c2cc(Br)ccc2OCc2cccc3ccccc23)C(=O)N1Cc1ccc([N+](=O)[O-])cc1. The largest absolute Gasteiger partial charge is 0.488 e. The zero-order chi connectivity index (χ0) is 25.9. The van der Waals surface area contributed by atoms with Crippen molar-refractivity contribution in [2.75, 3.05) is 0 Å². The second-order valence-electron chi connectivity index (χ2n) is 8.30. The number of carbonyl (C=O) groups excluding carboxylic acids is 2. The summed E-state index contributed by atoms with van der Waals surface area (Å²) in [6.45, 7) is 0.369. The number of rotatable bonds is 7. The molecule has 0 radical (unpaired) electrons. The van der Waals surface area contributed by atoms with Gasteiger partial charge in [-0.1, -0.05) is 70.5 Å². The summed E-state index contributed by atoms with van der Waals surface area (Å²) in [4.78, 5) is 37.5. The van der Waals surface area contributed by atoms with Crippen LogP contribution < -0.4 is 4.74 Å². The molecule has 5 rings (SSSR count). The maximum Gasteiger partial charge on any atom is 0.293 e. The number of thioether (sulfide) groups is 1. The first-order valence-electron chi connectivity index (χ1n) is 11.3. The summed E-state index contributed by atoms with van der Waals surface area (Å²) < 4.78 is 6.98. The fourth-order valence-corrected chi connectivity index (χ4v) is 5.23. The van der Waals surface area contributed by atoms with Gasteiger partial charge >= 0.3 is 0 Å². The van der Waals surface area contributed by atoms with E-state index >= 15 is 0 Å². The Morgan fingerprint density at radius 3 is 2.51 bits per heavy atom. The van der Waals surface area contributed by atoms with E-state index in [-0.39, 0.29) is 17.1 Å². The number of fused-ring (bicyclic) bond motifs is 1. The second-order valence-corrected chi connectivity index (χ2v) is 10.2. The van der Waals surface area contributed by atoms with E-state index in [0.717, 1.165) is 37.5 Å². The third-order valence-corrected chi connectivity index (χ3v) is 7.28. The lowest BCUT2D eigenvalue weighted by Gasteiger charge is -2.13. The number of carbonyl (C=O) groups is 2. The molecule has 0 atom stereocenters. The Labute approximate surface area is 225 Å². The zero-order valence-corrected chi connectivity index (χ0v) is 21.7. The molecule has 9 heteroatoms. The van der Waals surface area contributed by atoms with Gasteiger partial charge in [0.15, 0.2) is 0 Å². The maximum absolute atomic E-state index is 13.1. The van der Waals surface area contributed by atoms with E-state index in [9.17, 15) is 19.7 Å². The first-order chi connectivity index (χ1) is 17.9. The predicted octanol–water partition coefficient (Wildman–Crippen LogP) is 7.33. The first kappa shape index (κ1) is 24.7. The molecule has 1 aliphatic rings. The Kier molecular flexibility index (Phi) is 7.07. The maximum atomic E-state index is 13.1. The molecule has 184 valence electrons. The van der Waals surface area contributed by atoms with Gasteiger partial charge in [-0.25, -0.2) is 0 Å². The molecule has 37 heavy (non-hydrogen) atoms. The topological polar surface area (TPSA) is 89.8 Å². The standard InChI is InChI=1S/C28H19BrN2O5S/c29-22-10-13-25(36-17-20-6-3-5-19-4-1-2-7-24(19)20)21(14-22)15-26-27(32)30(28(33)37-26)16-18-8-11-23(12-9-18)31(34)35/h1-15H,16-17H2/b26-15-. The Morgan fingerprint density at radius 1 is 0.973 bits per heavy atom. The molecule has 1 heterocycles. The van der Waals surface area contributed by atoms with Crippen molar-refractivity contribution in [2.45, 2.75) is 13.2 Å². The van der Waals surface area contributed by atoms with Gasteiger partial charge in [-0.2, -0.15) is 0 Å². The highest BCUT2D eigenvalue weighted by Crippen LogP contribution is 2.36. The van der Waals surface area contributed by atoms with Crippen LogP contribution in [0, 0.1) is 10.1 Å². The number of non-ortho nitro benzene ring substituents is 1. The number of imide groups is 1. The third-order valence-electron chi connectivity index (χ3n) is 5.88. The van der Waals surface area contributed by atoms with Crippen molar-refractivity contribution >= 4 is 61.4 Å². The van der Waals surface area contributed by atoms with E-state index in [0.29, 0.717) is 23.5 Å². The van der Waals surface area contributed by atoms with Gasteiger partial charge in [0.1, 0.15) is 12.4 Å². The van der Waals surface area contributed by atoms with Crippen LogP contribution in [0.4, 0.5) is 10.5 Å². The molecule has 0 aliphatic carbocycles. The molecule has 1 fully saturated rings. The highest BCUT2D eigenvalue weighted by molar-refractivity contribution is 9.10. The van der Waals surface area contributed by atoms with Crippen molar-refractivity contribution in [1.29, 1.82) is 0 Å². The van der Waals surface area contributed by atoms with Crippen LogP contribution in [0.1, 0.15) is 16.7 Å². The van der Waals surface area contributed by atoms with Crippen LogP contribution in [0.3, 0.4) is 0 Å². The molecule has 4 aromatic rings. The van der Waals surface area contributed by atoms with Crippen LogP contribution in [0.15, 0.2) is 94.3 Å². The van der Waals surface area contributed by atoms with E-state index in [1.165, 1.54) is 12.1 Å². The fraction of sp³-hybridized carbons (Fsp3) is 0.0714. The molecule has 7 nitrogen and oxygen atoms in total. The highest BCUT2D eigenvalue weighted by Gasteiger charge is 2.35. The van der Waals surface area contributed by atoms with Gasteiger partial charge in [-0.05, 0) is 57.9 Å². The summed E-state index contributed by atoms with van der Waals surface area (Å²) >= 11 is 4.33. The van der Waals surface area contributed by atoms with E-state index < -0.39 is 16.1 Å². The minimum absolute atomic E-state index is 0.0307. The number of halogens is 1. The first-order valence-corrected chi connectivity index (χ1v) is 12.9. The monoisotopic (exact) mass is 574 g/mol. The lowest BCUT2D eigenvalue weighted by atomic mass is 10.1. The number of benzene rings is 4. The van der Waals surface area contributed by atoms with Gasteiger partial charge in [0.05, 0.1) is 16.4 Å². The highest BCUT2D eigenvalue weighted by atomic mass is 79.9. The smallest absolute Gasteiger partial charge is 0.293 e.